The van der Waals surface area contributed by atoms with E-state index < -0.39 is 0 Å². The van der Waals surface area contributed by atoms with Gasteiger partial charge in [-0.15, -0.1) is 0 Å². The number of benzene rings is 1. The average molecular weight is 402 g/mol. The summed E-state index contributed by atoms with van der Waals surface area (Å²) < 4.78 is 10.5. The maximum absolute atomic E-state index is 11.8. The Morgan fingerprint density at radius 2 is 1.72 bits per heavy atom. The Kier molecular flexibility index (Phi) is 9.33. The first-order valence-corrected chi connectivity index (χ1v) is 9.83. The van der Waals surface area contributed by atoms with Gasteiger partial charge in [-0.1, -0.05) is 38.1 Å². The summed E-state index contributed by atoms with van der Waals surface area (Å²) in [4.78, 5) is 24.3. The smallest absolute Gasteiger partial charge is 0.318 e. The quantitative estimate of drug-likeness (QED) is 0.408. The summed E-state index contributed by atoms with van der Waals surface area (Å²) in [5.41, 5.74) is 2.92. The minimum Gasteiger partial charge on any atom is -0.461 e. The molecule has 1 N–H and O–H groups in total. The topological polar surface area (TPSA) is 79.8 Å². The van der Waals surface area contributed by atoms with Crippen molar-refractivity contribution in [2.45, 2.75) is 26.9 Å². The van der Waals surface area contributed by atoms with Crippen molar-refractivity contribution in [3.05, 3.63) is 41.6 Å². The summed E-state index contributed by atoms with van der Waals surface area (Å²) in [6.45, 7) is 8.45. The fourth-order valence-corrected chi connectivity index (χ4v) is 2.85. The highest BCUT2D eigenvalue weighted by atomic mass is 16.5. The molecule has 0 radical (unpaired) electrons. The van der Waals surface area contributed by atoms with Crippen molar-refractivity contribution >= 4 is 17.9 Å². The molecule has 0 aliphatic rings. The van der Waals surface area contributed by atoms with E-state index in [1.165, 1.54) is 10.5 Å². The fourth-order valence-electron chi connectivity index (χ4n) is 2.85. The lowest BCUT2D eigenvalue weighted by atomic mass is 10.1. The zero-order valence-electron chi connectivity index (χ0n) is 17.7. The molecule has 1 amide bonds. The Morgan fingerprint density at radius 3 is 2.28 bits per heavy atom. The Hall–Kier alpha value is -2.71. The lowest BCUT2D eigenvalue weighted by Crippen LogP contribution is -2.24. The summed E-state index contributed by atoms with van der Waals surface area (Å²) in [7, 11) is 3.36. The van der Waals surface area contributed by atoms with E-state index in [9.17, 15) is 4.79 Å². The summed E-state index contributed by atoms with van der Waals surface area (Å²) in [6, 6.07) is 8.51. The maximum Gasteiger partial charge on any atom is 0.318 e. The van der Waals surface area contributed by atoms with Crippen molar-refractivity contribution in [1.82, 2.24) is 14.9 Å². The van der Waals surface area contributed by atoms with E-state index in [1.54, 1.807) is 20.4 Å². The molecular formula is C21H31N5O3. The molecule has 158 valence electrons. The highest BCUT2D eigenvalue weighted by Crippen LogP contribution is 2.25. The molecule has 0 saturated heterocycles. The van der Waals surface area contributed by atoms with Gasteiger partial charge in [0.2, 0.25) is 6.41 Å². The monoisotopic (exact) mass is 401 g/mol. The number of methoxy groups -OCH3 is 1. The number of nitrogens with zero attached hydrogens (tertiary/aromatic N) is 4. The van der Waals surface area contributed by atoms with Gasteiger partial charge < -0.3 is 14.8 Å². The van der Waals surface area contributed by atoms with Crippen LogP contribution in [0.2, 0.25) is 0 Å². The van der Waals surface area contributed by atoms with Crippen LogP contribution in [-0.2, 0) is 22.6 Å². The van der Waals surface area contributed by atoms with Gasteiger partial charge in [0.15, 0.2) is 5.82 Å². The average Bonchev–Trinajstić information content (AvgIpc) is 2.77. The highest BCUT2D eigenvalue weighted by molar-refractivity contribution is 5.80. The van der Waals surface area contributed by atoms with Gasteiger partial charge in [-0.3, -0.25) is 14.6 Å². The number of carbonyl (C=O) groups is 1. The molecule has 0 bridgehead atoms. The Morgan fingerprint density at radius 1 is 1.07 bits per heavy atom. The van der Waals surface area contributed by atoms with Crippen LogP contribution in [0.15, 0.2) is 30.5 Å². The minimum atomic E-state index is 0.206. The number of amides is 1. The van der Waals surface area contributed by atoms with E-state index in [0.717, 1.165) is 31.6 Å². The molecule has 0 atom stereocenters. The Labute approximate surface area is 172 Å². The van der Waals surface area contributed by atoms with Gasteiger partial charge in [0.1, 0.15) is 6.61 Å². The van der Waals surface area contributed by atoms with Crippen molar-refractivity contribution in [2.75, 3.05) is 50.7 Å². The molecule has 8 nitrogen and oxygen atoms in total. The van der Waals surface area contributed by atoms with Crippen LogP contribution < -0.4 is 15.0 Å². The molecule has 0 aliphatic heterocycles. The van der Waals surface area contributed by atoms with Crippen molar-refractivity contribution in [1.29, 1.82) is 0 Å². The zero-order chi connectivity index (χ0) is 21.1. The molecule has 0 saturated carbocycles. The number of aromatic nitrogens is 2. The first kappa shape index (κ1) is 22.6. The summed E-state index contributed by atoms with van der Waals surface area (Å²) >= 11 is 0. The van der Waals surface area contributed by atoms with Gasteiger partial charge in [0.25, 0.3) is 0 Å². The highest BCUT2D eigenvalue weighted by Gasteiger charge is 2.15. The van der Waals surface area contributed by atoms with Crippen molar-refractivity contribution < 1.29 is 14.3 Å². The van der Waals surface area contributed by atoms with Crippen LogP contribution in [0.25, 0.3) is 0 Å². The van der Waals surface area contributed by atoms with Gasteiger partial charge in [-0.2, -0.15) is 4.98 Å². The third-order valence-electron chi connectivity index (χ3n) is 4.61. The molecule has 1 aromatic carbocycles. The third-order valence-corrected chi connectivity index (χ3v) is 4.61. The summed E-state index contributed by atoms with van der Waals surface area (Å²) in [5.74, 6) is 0.470. The second-order valence-corrected chi connectivity index (χ2v) is 6.49. The molecule has 0 unspecified atom stereocenters. The van der Waals surface area contributed by atoms with Crippen molar-refractivity contribution in [2.24, 2.45) is 0 Å². The van der Waals surface area contributed by atoms with Crippen molar-refractivity contribution in [3.63, 3.8) is 0 Å². The van der Waals surface area contributed by atoms with Gasteiger partial charge >= 0.3 is 6.01 Å². The largest absolute Gasteiger partial charge is 0.461 e. The Balaban J connectivity index is 2.14. The number of rotatable bonds is 13. The lowest BCUT2D eigenvalue weighted by Gasteiger charge is -2.21. The van der Waals surface area contributed by atoms with Crippen LogP contribution >= 0.6 is 0 Å². The van der Waals surface area contributed by atoms with E-state index in [-0.39, 0.29) is 6.01 Å². The lowest BCUT2D eigenvalue weighted by molar-refractivity contribution is -0.107. The molecule has 0 fully saturated rings. The zero-order valence-corrected chi connectivity index (χ0v) is 17.7. The second-order valence-electron chi connectivity index (χ2n) is 6.49. The van der Waals surface area contributed by atoms with Gasteiger partial charge in [0.05, 0.1) is 25.0 Å². The molecule has 29 heavy (non-hydrogen) atoms. The molecular weight excluding hydrogens is 370 g/mol. The molecule has 0 spiro atoms. The van der Waals surface area contributed by atoms with E-state index >= 15 is 0 Å². The predicted octanol–water partition coefficient (Wildman–Crippen LogP) is 2.55. The van der Waals surface area contributed by atoms with E-state index in [0.29, 0.717) is 31.3 Å². The van der Waals surface area contributed by atoms with E-state index in [2.05, 4.69) is 46.2 Å². The van der Waals surface area contributed by atoms with Crippen LogP contribution in [0.3, 0.4) is 0 Å². The number of hydrogen-bond donors (Lipinski definition) is 1. The second kappa shape index (κ2) is 12.0. The SMILES string of the molecule is CCN(CC)Cc1ccc(CN(C=O)c2nc(OCCOC)ncc2NC)cc1. The molecule has 2 aromatic rings. The third kappa shape index (κ3) is 6.69. The van der Waals surface area contributed by atoms with E-state index in [4.69, 9.17) is 9.47 Å². The number of carbonyl (C=O) groups excluding carboxylic acids is 1. The van der Waals surface area contributed by atoms with Crippen LogP contribution in [0.4, 0.5) is 11.5 Å². The summed E-state index contributed by atoms with van der Waals surface area (Å²) in [6.07, 6.45) is 2.38. The normalized spacial score (nSPS) is 10.8. The van der Waals surface area contributed by atoms with Crippen LogP contribution in [0.1, 0.15) is 25.0 Å². The molecule has 2 rings (SSSR count). The maximum atomic E-state index is 11.8. The molecule has 1 aromatic heterocycles. The fraction of sp³-hybridized carbons (Fsp3) is 0.476. The first-order chi connectivity index (χ1) is 14.1. The first-order valence-electron chi connectivity index (χ1n) is 9.83. The number of ether oxygens (including phenoxy) is 2. The van der Waals surface area contributed by atoms with Crippen molar-refractivity contribution in [3.8, 4) is 6.01 Å². The molecule has 0 aliphatic carbocycles. The van der Waals surface area contributed by atoms with Crippen LogP contribution in [0, 0.1) is 0 Å². The predicted molar refractivity (Wildman–Crippen MR) is 114 cm³/mol. The molecule has 1 heterocycles. The standard InChI is InChI=1S/C21H31N5O3/c1-5-25(6-2)14-17-7-9-18(10-8-17)15-26(16-27)20-19(22-3)13-23-21(24-20)29-12-11-28-4/h7-10,13,16,22H,5-6,11-12,14-15H2,1-4H3. The number of anilines is 2. The summed E-state index contributed by atoms with van der Waals surface area (Å²) in [5, 5.41) is 3.02. The Bertz CT molecular complexity index is 750. The van der Waals surface area contributed by atoms with Crippen LogP contribution in [0.5, 0.6) is 6.01 Å². The molecule has 8 heteroatoms. The minimum absolute atomic E-state index is 0.206. The van der Waals surface area contributed by atoms with Gasteiger partial charge in [0, 0.05) is 20.7 Å². The number of nitrogens with one attached hydrogen (secondary N) is 1. The van der Waals surface area contributed by atoms with Crippen LogP contribution in [-0.4, -0.2) is 61.7 Å². The number of hydrogen-bond acceptors (Lipinski definition) is 7. The van der Waals surface area contributed by atoms with Gasteiger partial charge in [-0.05, 0) is 24.2 Å². The van der Waals surface area contributed by atoms with E-state index in [1.807, 2.05) is 12.1 Å². The van der Waals surface area contributed by atoms with Gasteiger partial charge in [-0.25, -0.2) is 4.98 Å².